The van der Waals surface area contributed by atoms with Crippen molar-refractivity contribution in [1.82, 2.24) is 4.98 Å². The van der Waals surface area contributed by atoms with Gasteiger partial charge in [-0.3, -0.25) is 4.98 Å². The van der Waals surface area contributed by atoms with Crippen LogP contribution in [0.15, 0.2) is 23.5 Å². The molecule has 1 aromatic heterocycles. The average molecular weight is 170 g/mol. The summed E-state index contributed by atoms with van der Waals surface area (Å²) in [5.41, 5.74) is 0.458. The SMILES string of the molecule is O=[PH2]c1cccnc1C=NO. The fourth-order valence-electron chi connectivity index (χ4n) is 0.692. The summed E-state index contributed by atoms with van der Waals surface area (Å²) in [6, 6.07) is 3.38. The molecule has 1 unspecified atom stereocenters. The Labute approximate surface area is 64.8 Å². The standard InChI is InChI=1S/C6H7N2O2P/c9-8-4-5-6(11-10)2-1-3-7-5/h1-4,9H,11H2. The van der Waals surface area contributed by atoms with Gasteiger partial charge in [0.05, 0.1) is 20.4 Å². The van der Waals surface area contributed by atoms with E-state index in [1.165, 1.54) is 6.21 Å². The summed E-state index contributed by atoms with van der Waals surface area (Å²) in [7, 11) is -1.02. The molecule has 0 saturated carbocycles. The van der Waals surface area contributed by atoms with Gasteiger partial charge in [-0.15, -0.1) is 0 Å². The van der Waals surface area contributed by atoms with Crippen molar-refractivity contribution in [3.63, 3.8) is 0 Å². The maximum absolute atomic E-state index is 10.5. The molecule has 0 fully saturated rings. The molecular formula is C6H7N2O2P. The minimum atomic E-state index is -1.02. The van der Waals surface area contributed by atoms with E-state index in [9.17, 15) is 4.57 Å². The minimum absolute atomic E-state index is 0.458. The van der Waals surface area contributed by atoms with Crippen LogP contribution in [0.3, 0.4) is 0 Å². The van der Waals surface area contributed by atoms with Gasteiger partial charge >= 0.3 is 0 Å². The Kier molecular flexibility index (Phi) is 2.81. The molecule has 0 amide bonds. The van der Waals surface area contributed by atoms with Crippen molar-refractivity contribution in [3.8, 4) is 0 Å². The molecule has 0 aliphatic carbocycles. The number of pyridine rings is 1. The zero-order chi connectivity index (χ0) is 8.10. The first kappa shape index (κ1) is 7.95. The van der Waals surface area contributed by atoms with Gasteiger partial charge in [-0.25, -0.2) is 0 Å². The first-order chi connectivity index (χ1) is 5.38. The third kappa shape index (κ3) is 1.88. The molecule has 1 heterocycles. The molecule has 0 bridgehead atoms. The second-order valence-corrected chi connectivity index (χ2v) is 2.70. The smallest absolute Gasteiger partial charge is 0.0948 e. The zero-order valence-corrected chi connectivity index (χ0v) is 6.79. The summed E-state index contributed by atoms with van der Waals surface area (Å²) >= 11 is 0. The molecular weight excluding hydrogens is 163 g/mol. The van der Waals surface area contributed by atoms with Gasteiger partial charge in [0.25, 0.3) is 0 Å². The van der Waals surface area contributed by atoms with E-state index in [0.717, 1.165) is 0 Å². The Morgan fingerprint density at radius 2 is 2.55 bits per heavy atom. The average Bonchev–Trinajstić information content (AvgIpc) is 2.06. The van der Waals surface area contributed by atoms with Crippen molar-refractivity contribution < 1.29 is 9.77 Å². The molecule has 1 N–H and O–H groups in total. The van der Waals surface area contributed by atoms with Gasteiger partial charge < -0.3 is 9.77 Å². The molecule has 11 heavy (non-hydrogen) atoms. The maximum Gasteiger partial charge on any atom is 0.0948 e. The summed E-state index contributed by atoms with van der Waals surface area (Å²) < 4.78 is 10.5. The van der Waals surface area contributed by atoms with Crippen LogP contribution in [0, 0.1) is 0 Å². The Morgan fingerprint density at radius 3 is 3.18 bits per heavy atom. The topological polar surface area (TPSA) is 62.5 Å². The third-order valence-electron chi connectivity index (χ3n) is 1.18. The van der Waals surface area contributed by atoms with Gasteiger partial charge in [0.1, 0.15) is 0 Å². The summed E-state index contributed by atoms with van der Waals surface area (Å²) in [4.78, 5) is 3.85. The highest BCUT2D eigenvalue weighted by Gasteiger charge is 1.96. The number of oxime groups is 1. The van der Waals surface area contributed by atoms with Gasteiger partial charge in [0.15, 0.2) is 0 Å². The van der Waals surface area contributed by atoms with E-state index in [-0.39, 0.29) is 0 Å². The molecule has 0 spiro atoms. The molecule has 4 nitrogen and oxygen atoms in total. The van der Waals surface area contributed by atoms with E-state index in [2.05, 4.69) is 10.1 Å². The zero-order valence-electron chi connectivity index (χ0n) is 5.64. The Morgan fingerprint density at radius 1 is 1.73 bits per heavy atom. The van der Waals surface area contributed by atoms with E-state index in [1.807, 2.05) is 0 Å². The highest BCUT2D eigenvalue weighted by atomic mass is 31.1. The van der Waals surface area contributed by atoms with Gasteiger partial charge in [-0.2, -0.15) is 0 Å². The Balaban J connectivity index is 3.11. The predicted octanol–water partition coefficient (Wildman–Crippen LogP) is 0.271. The quantitative estimate of drug-likeness (QED) is 0.300. The molecule has 0 aliphatic heterocycles. The summed E-state index contributed by atoms with van der Waals surface area (Å²) in [5.74, 6) is 0. The van der Waals surface area contributed by atoms with Crippen LogP contribution in [0.25, 0.3) is 0 Å². The highest BCUT2D eigenvalue weighted by Crippen LogP contribution is 1.97. The lowest BCUT2D eigenvalue weighted by molar-refractivity contribution is 0.321. The monoisotopic (exact) mass is 170 g/mol. The number of hydrogen-bond donors (Lipinski definition) is 1. The second-order valence-electron chi connectivity index (χ2n) is 1.84. The Hall–Kier alpha value is -1.15. The lowest BCUT2D eigenvalue weighted by Gasteiger charge is -1.93. The van der Waals surface area contributed by atoms with Gasteiger partial charge in [0, 0.05) is 11.5 Å². The molecule has 58 valence electrons. The van der Waals surface area contributed by atoms with Gasteiger partial charge in [0.2, 0.25) is 0 Å². The van der Waals surface area contributed by atoms with Gasteiger partial charge in [-0.1, -0.05) is 5.16 Å². The van der Waals surface area contributed by atoms with Crippen LogP contribution in [-0.4, -0.2) is 16.4 Å². The third-order valence-corrected chi connectivity index (χ3v) is 1.92. The van der Waals surface area contributed by atoms with E-state index in [1.54, 1.807) is 18.3 Å². The number of aromatic nitrogens is 1. The Bertz CT molecular complexity index is 288. The molecule has 0 aromatic carbocycles. The van der Waals surface area contributed by atoms with Crippen LogP contribution in [-0.2, 0) is 4.57 Å². The van der Waals surface area contributed by atoms with E-state index in [0.29, 0.717) is 11.0 Å². The highest BCUT2D eigenvalue weighted by molar-refractivity contribution is 7.34. The fraction of sp³-hybridized carbons (Fsp3) is 0. The van der Waals surface area contributed by atoms with Crippen molar-refractivity contribution in [2.75, 3.05) is 0 Å². The summed E-state index contributed by atoms with van der Waals surface area (Å²) in [6.07, 6.45) is 2.72. The van der Waals surface area contributed by atoms with Gasteiger partial charge in [-0.05, 0) is 12.1 Å². The normalized spacial score (nSPS) is 11.6. The van der Waals surface area contributed by atoms with Crippen LogP contribution >= 0.6 is 8.46 Å². The van der Waals surface area contributed by atoms with Crippen LogP contribution in [0.5, 0.6) is 0 Å². The van der Waals surface area contributed by atoms with Crippen LogP contribution in [0.4, 0.5) is 0 Å². The minimum Gasteiger partial charge on any atom is -0.411 e. The van der Waals surface area contributed by atoms with E-state index < -0.39 is 8.46 Å². The summed E-state index contributed by atoms with van der Waals surface area (Å²) in [6.45, 7) is 0. The van der Waals surface area contributed by atoms with Crippen molar-refractivity contribution in [2.24, 2.45) is 5.16 Å². The molecule has 1 aromatic rings. The first-order valence-electron chi connectivity index (χ1n) is 2.96. The molecule has 0 saturated heterocycles. The largest absolute Gasteiger partial charge is 0.411 e. The van der Waals surface area contributed by atoms with Crippen molar-refractivity contribution in [1.29, 1.82) is 0 Å². The second kappa shape index (κ2) is 3.88. The number of rotatable bonds is 2. The van der Waals surface area contributed by atoms with Crippen molar-refractivity contribution in [3.05, 3.63) is 24.0 Å². The lowest BCUT2D eigenvalue weighted by atomic mass is 10.4. The van der Waals surface area contributed by atoms with E-state index >= 15 is 0 Å². The fourth-order valence-corrected chi connectivity index (χ4v) is 1.15. The number of hydrogen-bond acceptors (Lipinski definition) is 4. The van der Waals surface area contributed by atoms with Crippen molar-refractivity contribution >= 4 is 20.0 Å². The van der Waals surface area contributed by atoms with Crippen LogP contribution in [0.2, 0.25) is 0 Å². The van der Waals surface area contributed by atoms with Crippen LogP contribution < -0.4 is 5.30 Å². The van der Waals surface area contributed by atoms with E-state index in [4.69, 9.17) is 5.21 Å². The molecule has 5 heteroatoms. The maximum atomic E-state index is 10.5. The van der Waals surface area contributed by atoms with Crippen LogP contribution in [0.1, 0.15) is 5.69 Å². The number of nitrogens with zero attached hydrogens (tertiary/aromatic N) is 2. The molecule has 0 radical (unpaired) electrons. The van der Waals surface area contributed by atoms with Crippen molar-refractivity contribution in [2.45, 2.75) is 0 Å². The molecule has 1 rings (SSSR count). The summed E-state index contributed by atoms with van der Waals surface area (Å²) in [5, 5.41) is 11.6. The molecule has 1 atom stereocenters. The predicted molar refractivity (Wildman–Crippen MR) is 43.6 cm³/mol. The molecule has 0 aliphatic rings. The lowest BCUT2D eigenvalue weighted by Crippen LogP contribution is -2.03. The first-order valence-corrected chi connectivity index (χ1v) is 4.01.